The third kappa shape index (κ3) is 2.49. The molecule has 0 aliphatic carbocycles. The molecular weight excluding hydrogens is 322 g/mol. The summed E-state index contributed by atoms with van der Waals surface area (Å²) < 4.78 is 5.95. The largest absolute Gasteiger partial charge is 0.493 e. The molecule has 1 aliphatic heterocycles. The highest BCUT2D eigenvalue weighted by Crippen LogP contribution is 2.47. The standard InChI is InChI=1S/C23H20NO2/c1-2-26-22-17-23(18-11-5-3-6-12-18,19-13-7-4-8-14-19)24(25)21-16-10-9-15-20(21)22/h3-17H,2H2,1H3. The Balaban J connectivity index is 2.04. The second-order valence-electron chi connectivity index (χ2n) is 6.25. The van der Waals surface area contributed by atoms with E-state index in [2.05, 4.69) is 0 Å². The molecule has 129 valence electrons. The first-order valence-electron chi connectivity index (χ1n) is 8.81. The highest BCUT2D eigenvalue weighted by atomic mass is 16.5. The summed E-state index contributed by atoms with van der Waals surface area (Å²) in [6.45, 7) is 2.50. The zero-order valence-corrected chi connectivity index (χ0v) is 14.6. The molecule has 0 aromatic heterocycles. The van der Waals surface area contributed by atoms with Crippen molar-refractivity contribution in [1.82, 2.24) is 0 Å². The Morgan fingerprint density at radius 1 is 0.808 bits per heavy atom. The molecule has 0 amide bonds. The number of ether oxygens (including phenoxy) is 1. The van der Waals surface area contributed by atoms with Crippen LogP contribution in [0.25, 0.3) is 5.76 Å². The summed E-state index contributed by atoms with van der Waals surface area (Å²) in [4.78, 5) is 0. The van der Waals surface area contributed by atoms with Gasteiger partial charge in [0.15, 0.2) is 0 Å². The number of hydrogen-bond donors (Lipinski definition) is 0. The molecule has 26 heavy (non-hydrogen) atoms. The van der Waals surface area contributed by atoms with Crippen molar-refractivity contribution in [2.24, 2.45) is 0 Å². The van der Waals surface area contributed by atoms with Gasteiger partial charge in [0.2, 0.25) is 0 Å². The molecule has 0 fully saturated rings. The maximum atomic E-state index is 13.7. The second-order valence-corrected chi connectivity index (χ2v) is 6.25. The van der Waals surface area contributed by atoms with Crippen LogP contribution in [0.5, 0.6) is 0 Å². The topological polar surface area (TPSA) is 32.4 Å². The van der Waals surface area contributed by atoms with Crippen LogP contribution in [0.15, 0.2) is 91.0 Å². The fourth-order valence-electron chi connectivity index (χ4n) is 3.60. The molecule has 0 atom stereocenters. The van der Waals surface area contributed by atoms with E-state index < -0.39 is 5.54 Å². The van der Waals surface area contributed by atoms with E-state index in [9.17, 15) is 5.21 Å². The minimum Gasteiger partial charge on any atom is -0.493 e. The predicted molar refractivity (Wildman–Crippen MR) is 103 cm³/mol. The summed E-state index contributed by atoms with van der Waals surface area (Å²) in [7, 11) is 0. The minimum atomic E-state index is -0.971. The molecule has 3 aromatic rings. The molecule has 3 heteroatoms. The summed E-state index contributed by atoms with van der Waals surface area (Å²) in [5.74, 6) is 0.739. The van der Waals surface area contributed by atoms with Gasteiger partial charge in [-0.1, -0.05) is 78.0 Å². The SMILES string of the molecule is CCOC1=CC(c2ccccc2)(c2ccccc2)N([O])c2ccccc21. The third-order valence-corrected chi connectivity index (χ3v) is 4.78. The zero-order chi connectivity index (χ0) is 18.0. The number of hydroxylamine groups is 1. The normalized spacial score (nSPS) is 15.2. The molecule has 4 rings (SSSR count). The molecular formula is C23H20NO2. The monoisotopic (exact) mass is 342 g/mol. The lowest BCUT2D eigenvalue weighted by Crippen LogP contribution is -2.45. The highest BCUT2D eigenvalue weighted by molar-refractivity contribution is 5.80. The molecule has 3 nitrogen and oxygen atoms in total. The van der Waals surface area contributed by atoms with Crippen LogP contribution in [0.1, 0.15) is 23.6 Å². The summed E-state index contributed by atoms with van der Waals surface area (Å²) in [6.07, 6.45) is 1.95. The number of benzene rings is 3. The van der Waals surface area contributed by atoms with Gasteiger partial charge in [-0.3, -0.25) is 0 Å². The molecule has 0 spiro atoms. The van der Waals surface area contributed by atoms with Crippen LogP contribution in [0, 0.1) is 0 Å². The van der Waals surface area contributed by atoms with E-state index >= 15 is 0 Å². The first-order valence-corrected chi connectivity index (χ1v) is 8.81. The van der Waals surface area contributed by atoms with Gasteiger partial charge in [0.05, 0.1) is 12.3 Å². The number of anilines is 1. The van der Waals surface area contributed by atoms with E-state index in [0.29, 0.717) is 12.3 Å². The van der Waals surface area contributed by atoms with Gasteiger partial charge in [0.25, 0.3) is 0 Å². The Labute approximate surface area is 153 Å². The summed E-state index contributed by atoms with van der Waals surface area (Å²) in [6, 6.07) is 27.3. The van der Waals surface area contributed by atoms with Gasteiger partial charge in [-0.25, -0.2) is 5.06 Å². The molecule has 0 saturated heterocycles. The van der Waals surface area contributed by atoms with E-state index in [1.165, 1.54) is 0 Å². The van der Waals surface area contributed by atoms with Crippen LogP contribution < -0.4 is 5.06 Å². The van der Waals surface area contributed by atoms with Crippen molar-refractivity contribution < 1.29 is 9.94 Å². The number of rotatable bonds is 4. The fourth-order valence-corrected chi connectivity index (χ4v) is 3.60. The number of para-hydroxylation sites is 1. The maximum absolute atomic E-state index is 13.7. The van der Waals surface area contributed by atoms with E-state index in [0.717, 1.165) is 27.5 Å². The molecule has 0 unspecified atom stereocenters. The second kappa shape index (κ2) is 6.70. The number of nitrogens with zero attached hydrogens (tertiary/aromatic N) is 1. The van der Waals surface area contributed by atoms with Gasteiger partial charge in [0.1, 0.15) is 11.3 Å². The van der Waals surface area contributed by atoms with Crippen molar-refractivity contribution in [2.45, 2.75) is 12.5 Å². The van der Waals surface area contributed by atoms with Crippen LogP contribution >= 0.6 is 0 Å². The lowest BCUT2D eigenvalue weighted by molar-refractivity contribution is 0.110. The maximum Gasteiger partial charge on any atom is 0.142 e. The quantitative estimate of drug-likeness (QED) is 0.655. The Hall–Kier alpha value is -3.04. The smallest absolute Gasteiger partial charge is 0.142 e. The molecule has 3 aromatic carbocycles. The van der Waals surface area contributed by atoms with Gasteiger partial charge in [-0.2, -0.15) is 0 Å². The molecule has 1 radical (unpaired) electrons. The Morgan fingerprint density at radius 3 is 1.92 bits per heavy atom. The third-order valence-electron chi connectivity index (χ3n) is 4.78. The summed E-state index contributed by atoms with van der Waals surface area (Å²) in [5, 5.41) is 14.8. The molecule has 0 N–H and O–H groups in total. The summed E-state index contributed by atoms with van der Waals surface area (Å²) >= 11 is 0. The van der Waals surface area contributed by atoms with E-state index in [-0.39, 0.29) is 0 Å². The average molecular weight is 342 g/mol. The van der Waals surface area contributed by atoms with Crippen molar-refractivity contribution in [3.8, 4) is 0 Å². The van der Waals surface area contributed by atoms with Crippen molar-refractivity contribution in [3.63, 3.8) is 0 Å². The van der Waals surface area contributed by atoms with Gasteiger partial charge in [-0.05, 0) is 36.3 Å². The van der Waals surface area contributed by atoms with Crippen LogP contribution in [-0.4, -0.2) is 6.61 Å². The van der Waals surface area contributed by atoms with Crippen molar-refractivity contribution >= 4 is 11.4 Å². The molecule has 1 heterocycles. The minimum absolute atomic E-state index is 0.540. The van der Waals surface area contributed by atoms with Crippen LogP contribution in [0.2, 0.25) is 0 Å². The van der Waals surface area contributed by atoms with Crippen molar-refractivity contribution in [3.05, 3.63) is 108 Å². The lowest BCUT2D eigenvalue weighted by atomic mass is 9.78. The lowest BCUT2D eigenvalue weighted by Gasteiger charge is -2.42. The first-order chi connectivity index (χ1) is 12.8. The van der Waals surface area contributed by atoms with Gasteiger partial charge in [-0.15, -0.1) is 0 Å². The van der Waals surface area contributed by atoms with Gasteiger partial charge >= 0.3 is 0 Å². The van der Waals surface area contributed by atoms with Crippen LogP contribution in [-0.2, 0) is 15.5 Å². The van der Waals surface area contributed by atoms with E-state index in [1.54, 1.807) is 0 Å². The van der Waals surface area contributed by atoms with Gasteiger partial charge in [0, 0.05) is 5.56 Å². The Morgan fingerprint density at radius 2 is 1.35 bits per heavy atom. The predicted octanol–water partition coefficient (Wildman–Crippen LogP) is 5.17. The molecule has 0 bridgehead atoms. The molecule has 1 aliphatic rings. The fraction of sp³-hybridized carbons (Fsp3) is 0.130. The number of fused-ring (bicyclic) bond motifs is 1. The Kier molecular flexibility index (Phi) is 4.23. The van der Waals surface area contributed by atoms with Crippen LogP contribution in [0.4, 0.5) is 5.69 Å². The first kappa shape index (κ1) is 16.4. The van der Waals surface area contributed by atoms with E-state index in [4.69, 9.17) is 4.74 Å². The average Bonchev–Trinajstić information content (AvgIpc) is 2.72. The highest BCUT2D eigenvalue weighted by Gasteiger charge is 2.44. The zero-order valence-electron chi connectivity index (χ0n) is 14.6. The van der Waals surface area contributed by atoms with E-state index in [1.807, 2.05) is 97.9 Å². The van der Waals surface area contributed by atoms with Crippen molar-refractivity contribution in [2.75, 3.05) is 11.7 Å². The summed E-state index contributed by atoms with van der Waals surface area (Å²) in [5.41, 5.74) is 2.29. The van der Waals surface area contributed by atoms with Crippen molar-refractivity contribution in [1.29, 1.82) is 0 Å². The molecule has 0 saturated carbocycles. The van der Waals surface area contributed by atoms with Gasteiger partial charge < -0.3 is 4.74 Å². The number of hydrogen-bond acceptors (Lipinski definition) is 2. The Bertz CT molecular complexity index is 880. The van der Waals surface area contributed by atoms with Crippen LogP contribution in [0.3, 0.4) is 0 Å².